The van der Waals surface area contributed by atoms with E-state index < -0.39 is 10.0 Å². The van der Waals surface area contributed by atoms with Gasteiger partial charge in [-0.1, -0.05) is 26.2 Å². The van der Waals surface area contributed by atoms with Gasteiger partial charge < -0.3 is 5.32 Å². The second-order valence-electron chi connectivity index (χ2n) is 5.77. The van der Waals surface area contributed by atoms with Gasteiger partial charge in [-0.25, -0.2) is 18.1 Å². The lowest BCUT2D eigenvalue weighted by molar-refractivity contribution is 0.270. The summed E-state index contributed by atoms with van der Waals surface area (Å²) in [5, 5.41) is 2.85. The van der Waals surface area contributed by atoms with E-state index in [0.717, 1.165) is 18.8 Å². The van der Waals surface area contributed by atoms with Crippen molar-refractivity contribution in [2.45, 2.75) is 43.9 Å². The zero-order valence-corrected chi connectivity index (χ0v) is 13.6. The van der Waals surface area contributed by atoms with Gasteiger partial charge in [-0.15, -0.1) is 0 Å². The van der Waals surface area contributed by atoms with Gasteiger partial charge in [0.15, 0.2) is 0 Å². The molecule has 1 aliphatic rings. The fraction of sp³-hybridized carbons (Fsp3) is 0.667. The molecular weight excluding hydrogens is 286 g/mol. The predicted molar refractivity (Wildman–Crippen MR) is 84.7 cm³/mol. The van der Waals surface area contributed by atoms with Gasteiger partial charge in [-0.3, -0.25) is 0 Å². The number of rotatable bonds is 6. The van der Waals surface area contributed by atoms with E-state index in [-0.39, 0.29) is 4.90 Å². The largest absolute Gasteiger partial charge is 0.373 e. The molecule has 21 heavy (non-hydrogen) atoms. The van der Waals surface area contributed by atoms with E-state index in [0.29, 0.717) is 18.3 Å². The van der Waals surface area contributed by atoms with E-state index in [1.54, 1.807) is 13.1 Å². The van der Waals surface area contributed by atoms with Crippen LogP contribution in [-0.2, 0) is 10.0 Å². The Hall–Kier alpha value is -1.14. The molecule has 0 bridgehead atoms. The first kappa shape index (κ1) is 16.2. The minimum atomic E-state index is -3.44. The molecule has 0 aliphatic heterocycles. The summed E-state index contributed by atoms with van der Waals surface area (Å²) in [6.07, 6.45) is 7.44. The fourth-order valence-corrected chi connectivity index (χ4v) is 4.00. The highest BCUT2D eigenvalue weighted by Crippen LogP contribution is 2.30. The maximum atomic E-state index is 12.3. The zero-order chi connectivity index (χ0) is 15.3. The quantitative estimate of drug-likeness (QED) is 0.847. The lowest BCUT2D eigenvalue weighted by atomic mass is 9.81. The Kier molecular flexibility index (Phi) is 5.58. The van der Waals surface area contributed by atoms with Crippen LogP contribution in [0.15, 0.2) is 23.2 Å². The van der Waals surface area contributed by atoms with Crippen LogP contribution in [0.25, 0.3) is 0 Å². The van der Waals surface area contributed by atoms with E-state index in [1.165, 1.54) is 31.5 Å². The standard InChI is InChI=1S/C15H25N3O2S/c1-3-12-4-6-13(7-5-12)11-18-21(19,20)14-8-9-17-15(10-14)16-2/h8-10,12-13,18H,3-7,11H2,1-2H3,(H,16,17). The van der Waals surface area contributed by atoms with Crippen LogP contribution in [0.1, 0.15) is 39.0 Å². The summed E-state index contributed by atoms with van der Waals surface area (Å²) >= 11 is 0. The topological polar surface area (TPSA) is 71.1 Å². The molecule has 1 fully saturated rings. The molecule has 6 heteroatoms. The maximum Gasteiger partial charge on any atom is 0.240 e. The Labute approximate surface area is 127 Å². The normalized spacial score (nSPS) is 23.0. The highest BCUT2D eigenvalue weighted by Gasteiger charge is 2.22. The lowest BCUT2D eigenvalue weighted by Gasteiger charge is -2.27. The average Bonchev–Trinajstić information content (AvgIpc) is 2.53. The minimum absolute atomic E-state index is 0.268. The van der Waals surface area contributed by atoms with Crippen molar-refractivity contribution in [3.8, 4) is 0 Å². The lowest BCUT2D eigenvalue weighted by Crippen LogP contribution is -2.31. The van der Waals surface area contributed by atoms with Crippen LogP contribution in [0.2, 0.25) is 0 Å². The molecular formula is C15H25N3O2S. The van der Waals surface area contributed by atoms with Crippen LogP contribution in [0.5, 0.6) is 0 Å². The van der Waals surface area contributed by atoms with Gasteiger partial charge in [0.2, 0.25) is 10.0 Å². The number of nitrogens with zero attached hydrogens (tertiary/aromatic N) is 1. The van der Waals surface area contributed by atoms with Crippen molar-refractivity contribution in [1.29, 1.82) is 0 Å². The van der Waals surface area contributed by atoms with E-state index in [1.807, 2.05) is 0 Å². The summed E-state index contributed by atoms with van der Waals surface area (Å²) in [5.41, 5.74) is 0. The van der Waals surface area contributed by atoms with Crippen LogP contribution in [0, 0.1) is 11.8 Å². The third-order valence-electron chi connectivity index (χ3n) is 4.40. The van der Waals surface area contributed by atoms with Gasteiger partial charge in [0.1, 0.15) is 5.82 Å². The molecule has 118 valence electrons. The van der Waals surface area contributed by atoms with Crippen LogP contribution >= 0.6 is 0 Å². The molecule has 0 saturated heterocycles. The van der Waals surface area contributed by atoms with Gasteiger partial charge in [0, 0.05) is 25.9 Å². The molecule has 2 rings (SSSR count). The zero-order valence-electron chi connectivity index (χ0n) is 12.8. The molecule has 2 N–H and O–H groups in total. The van der Waals surface area contributed by atoms with Gasteiger partial charge in [-0.05, 0) is 30.7 Å². The maximum absolute atomic E-state index is 12.3. The van der Waals surface area contributed by atoms with Crippen molar-refractivity contribution in [3.63, 3.8) is 0 Å². The summed E-state index contributed by atoms with van der Waals surface area (Å²) < 4.78 is 27.3. The number of nitrogens with one attached hydrogen (secondary N) is 2. The Bertz CT molecular complexity index is 552. The number of hydrogen-bond donors (Lipinski definition) is 2. The van der Waals surface area contributed by atoms with Crippen molar-refractivity contribution < 1.29 is 8.42 Å². The van der Waals surface area contributed by atoms with E-state index in [2.05, 4.69) is 21.9 Å². The molecule has 1 aromatic rings. The molecule has 0 spiro atoms. The van der Waals surface area contributed by atoms with E-state index in [4.69, 9.17) is 0 Å². The first-order valence-corrected chi connectivity index (χ1v) is 9.17. The summed E-state index contributed by atoms with van der Waals surface area (Å²) in [4.78, 5) is 4.30. The van der Waals surface area contributed by atoms with Gasteiger partial charge in [-0.2, -0.15) is 0 Å². The van der Waals surface area contributed by atoms with E-state index >= 15 is 0 Å². The SMILES string of the molecule is CCC1CCC(CNS(=O)(=O)c2ccnc(NC)c2)CC1. The van der Waals surface area contributed by atoms with Gasteiger partial charge in [0.05, 0.1) is 4.90 Å². The molecule has 0 unspecified atom stereocenters. The second kappa shape index (κ2) is 7.22. The minimum Gasteiger partial charge on any atom is -0.373 e. The van der Waals surface area contributed by atoms with Crippen molar-refractivity contribution in [2.75, 3.05) is 18.9 Å². The molecule has 1 saturated carbocycles. The number of aromatic nitrogens is 1. The third kappa shape index (κ3) is 4.41. The summed E-state index contributed by atoms with van der Waals surface area (Å²) in [6.45, 7) is 2.77. The first-order chi connectivity index (χ1) is 10.0. The van der Waals surface area contributed by atoms with Crippen molar-refractivity contribution in [3.05, 3.63) is 18.3 Å². The van der Waals surface area contributed by atoms with E-state index in [9.17, 15) is 8.42 Å². The second-order valence-corrected chi connectivity index (χ2v) is 7.54. The predicted octanol–water partition coefficient (Wildman–Crippen LogP) is 2.62. The summed E-state index contributed by atoms with van der Waals surface area (Å²) in [6, 6.07) is 3.08. The molecule has 1 heterocycles. The molecule has 1 aromatic heterocycles. The molecule has 0 radical (unpaired) electrons. The molecule has 0 aromatic carbocycles. The Balaban J connectivity index is 1.92. The number of hydrogen-bond acceptors (Lipinski definition) is 4. The molecule has 0 atom stereocenters. The molecule has 0 amide bonds. The van der Waals surface area contributed by atoms with Crippen LogP contribution < -0.4 is 10.0 Å². The summed E-state index contributed by atoms with van der Waals surface area (Å²) in [7, 11) is -1.72. The van der Waals surface area contributed by atoms with Crippen molar-refractivity contribution >= 4 is 15.8 Å². The van der Waals surface area contributed by atoms with Crippen LogP contribution in [-0.4, -0.2) is 27.0 Å². The number of sulfonamides is 1. The van der Waals surface area contributed by atoms with Crippen LogP contribution in [0.3, 0.4) is 0 Å². The summed E-state index contributed by atoms with van der Waals surface area (Å²) in [5.74, 6) is 1.85. The Morgan fingerprint density at radius 1 is 1.24 bits per heavy atom. The molecule has 1 aliphatic carbocycles. The van der Waals surface area contributed by atoms with Crippen molar-refractivity contribution in [1.82, 2.24) is 9.71 Å². The van der Waals surface area contributed by atoms with Gasteiger partial charge in [0.25, 0.3) is 0 Å². The Morgan fingerprint density at radius 2 is 1.90 bits per heavy atom. The average molecular weight is 311 g/mol. The first-order valence-electron chi connectivity index (χ1n) is 7.68. The van der Waals surface area contributed by atoms with Gasteiger partial charge >= 0.3 is 0 Å². The monoisotopic (exact) mass is 311 g/mol. The highest BCUT2D eigenvalue weighted by molar-refractivity contribution is 7.89. The molecule has 5 nitrogen and oxygen atoms in total. The van der Waals surface area contributed by atoms with Crippen molar-refractivity contribution in [2.24, 2.45) is 11.8 Å². The fourth-order valence-electron chi connectivity index (χ4n) is 2.87. The highest BCUT2D eigenvalue weighted by atomic mass is 32.2. The third-order valence-corrected chi connectivity index (χ3v) is 5.82. The van der Waals surface area contributed by atoms with Crippen LogP contribution in [0.4, 0.5) is 5.82 Å². The Morgan fingerprint density at radius 3 is 2.52 bits per heavy atom. The number of pyridine rings is 1. The number of anilines is 1. The smallest absolute Gasteiger partial charge is 0.240 e.